The minimum Gasteiger partial charge on any atom is -0.435 e. The zero-order valence-corrected chi connectivity index (χ0v) is 15.8. The maximum absolute atomic E-state index is 12.4. The molecule has 0 aromatic heterocycles. The molecule has 0 aliphatic rings. The number of aliphatic hydroxyl groups is 1. The summed E-state index contributed by atoms with van der Waals surface area (Å²) in [5, 5.41) is 10.3. The summed E-state index contributed by atoms with van der Waals surface area (Å²) in [5.74, 6) is -0.327. The van der Waals surface area contributed by atoms with Crippen LogP contribution in [0.5, 0.6) is 0 Å². The highest BCUT2D eigenvalue weighted by atomic mass is 16.6. The van der Waals surface area contributed by atoms with E-state index in [0.717, 1.165) is 6.42 Å². The van der Waals surface area contributed by atoms with E-state index in [9.17, 15) is 9.90 Å². The van der Waals surface area contributed by atoms with E-state index >= 15 is 0 Å². The molecule has 0 saturated carbocycles. The van der Waals surface area contributed by atoms with Crippen LogP contribution in [0.1, 0.15) is 82.1 Å². The smallest absolute Gasteiger partial charge is 0.313 e. The fourth-order valence-corrected chi connectivity index (χ4v) is 3.27. The van der Waals surface area contributed by atoms with Gasteiger partial charge in [-0.2, -0.15) is 0 Å². The Hall–Kier alpha value is -0.570. The number of esters is 1. The van der Waals surface area contributed by atoms with Gasteiger partial charge in [-0.1, -0.05) is 55.4 Å². The lowest BCUT2D eigenvalue weighted by molar-refractivity contribution is -0.202. The molecule has 3 heteroatoms. The van der Waals surface area contributed by atoms with E-state index in [0.29, 0.717) is 6.42 Å². The maximum Gasteiger partial charge on any atom is 0.313 e. The van der Waals surface area contributed by atoms with E-state index in [1.165, 1.54) is 0 Å². The van der Waals surface area contributed by atoms with E-state index in [4.69, 9.17) is 4.74 Å². The van der Waals surface area contributed by atoms with Crippen LogP contribution in [-0.4, -0.2) is 17.4 Å². The Balaban J connectivity index is 4.85. The first-order valence-corrected chi connectivity index (χ1v) is 7.86. The van der Waals surface area contributed by atoms with Crippen molar-refractivity contribution in [1.29, 1.82) is 0 Å². The number of carbonyl (C=O) groups excluding carboxylic acids is 1. The summed E-state index contributed by atoms with van der Waals surface area (Å²) >= 11 is 0. The minimum absolute atomic E-state index is 0.0361. The lowest BCUT2D eigenvalue weighted by Gasteiger charge is -2.37. The van der Waals surface area contributed by atoms with E-state index in [-0.39, 0.29) is 16.8 Å². The van der Waals surface area contributed by atoms with Crippen LogP contribution in [0.3, 0.4) is 0 Å². The Morgan fingerprint density at radius 2 is 1.24 bits per heavy atom. The molecule has 21 heavy (non-hydrogen) atoms. The Bertz CT molecular complexity index is 354. The average molecular weight is 300 g/mol. The van der Waals surface area contributed by atoms with Crippen molar-refractivity contribution in [2.75, 3.05) is 0 Å². The molecule has 0 fully saturated rings. The van der Waals surface area contributed by atoms with Gasteiger partial charge >= 0.3 is 5.97 Å². The molecule has 1 atom stereocenters. The van der Waals surface area contributed by atoms with Crippen molar-refractivity contribution >= 4 is 5.97 Å². The summed E-state index contributed by atoms with van der Waals surface area (Å²) in [6.45, 7) is 20.3. The second kappa shape index (κ2) is 6.28. The second-order valence-electron chi connectivity index (χ2n) is 10.1. The van der Waals surface area contributed by atoms with Gasteiger partial charge < -0.3 is 9.84 Å². The first kappa shape index (κ1) is 20.4. The van der Waals surface area contributed by atoms with Crippen LogP contribution in [0.25, 0.3) is 0 Å². The van der Waals surface area contributed by atoms with Gasteiger partial charge in [0.25, 0.3) is 0 Å². The van der Waals surface area contributed by atoms with Crippen molar-refractivity contribution in [3.05, 3.63) is 0 Å². The quantitative estimate of drug-likeness (QED) is 0.587. The molecule has 0 heterocycles. The fraction of sp³-hybridized carbons (Fsp3) is 0.944. The molecule has 3 nitrogen and oxygen atoms in total. The zero-order chi connectivity index (χ0) is 17.3. The maximum atomic E-state index is 12.4. The number of aliphatic hydroxyl groups excluding tert-OH is 1. The lowest BCUT2D eigenvalue weighted by Crippen LogP contribution is -2.41. The van der Waals surface area contributed by atoms with Gasteiger partial charge in [-0.3, -0.25) is 4.79 Å². The van der Waals surface area contributed by atoms with E-state index in [2.05, 4.69) is 41.5 Å². The fourth-order valence-electron chi connectivity index (χ4n) is 3.27. The van der Waals surface area contributed by atoms with Crippen LogP contribution in [0.4, 0.5) is 0 Å². The molecule has 1 unspecified atom stereocenters. The Morgan fingerprint density at radius 1 is 0.857 bits per heavy atom. The molecule has 0 aliphatic carbocycles. The monoisotopic (exact) mass is 300 g/mol. The number of rotatable bonds is 5. The van der Waals surface area contributed by atoms with Crippen LogP contribution in [0, 0.1) is 21.7 Å². The Labute approximate surface area is 131 Å². The third-order valence-corrected chi connectivity index (χ3v) is 3.40. The summed E-state index contributed by atoms with van der Waals surface area (Å²) in [6, 6.07) is 0. The third-order valence-electron chi connectivity index (χ3n) is 3.40. The van der Waals surface area contributed by atoms with E-state index < -0.39 is 17.1 Å². The molecule has 0 bridgehead atoms. The topological polar surface area (TPSA) is 46.5 Å². The highest BCUT2D eigenvalue weighted by Gasteiger charge is 2.40. The number of hydrogen-bond acceptors (Lipinski definition) is 3. The zero-order valence-electron chi connectivity index (χ0n) is 15.8. The van der Waals surface area contributed by atoms with Crippen LogP contribution >= 0.6 is 0 Å². The highest BCUT2D eigenvalue weighted by molar-refractivity contribution is 5.76. The molecule has 0 radical (unpaired) electrons. The SMILES string of the molecule is CC(C)(C)CC(C)(C)C(=O)OC(O)C(C)(C)CC(C)(C)C. The molecular formula is C18H36O3. The lowest BCUT2D eigenvalue weighted by atomic mass is 9.75. The van der Waals surface area contributed by atoms with Gasteiger partial charge in [-0.25, -0.2) is 0 Å². The van der Waals surface area contributed by atoms with Crippen molar-refractivity contribution in [1.82, 2.24) is 0 Å². The van der Waals surface area contributed by atoms with Crippen molar-refractivity contribution < 1.29 is 14.6 Å². The van der Waals surface area contributed by atoms with Gasteiger partial charge in [-0.05, 0) is 37.5 Å². The van der Waals surface area contributed by atoms with Crippen molar-refractivity contribution in [2.24, 2.45) is 21.7 Å². The molecular weight excluding hydrogens is 264 g/mol. The largest absolute Gasteiger partial charge is 0.435 e. The molecule has 0 aliphatic heterocycles. The molecule has 0 saturated heterocycles. The molecule has 126 valence electrons. The van der Waals surface area contributed by atoms with Gasteiger partial charge in [0.2, 0.25) is 6.29 Å². The average Bonchev–Trinajstić information content (AvgIpc) is 2.08. The summed E-state index contributed by atoms with van der Waals surface area (Å²) in [7, 11) is 0. The Morgan fingerprint density at radius 3 is 1.57 bits per heavy atom. The molecule has 0 spiro atoms. The first-order chi connectivity index (χ1) is 8.96. The van der Waals surface area contributed by atoms with Crippen molar-refractivity contribution in [2.45, 2.75) is 88.4 Å². The molecule has 0 aromatic rings. The van der Waals surface area contributed by atoms with Crippen LogP contribution in [0.15, 0.2) is 0 Å². The van der Waals surface area contributed by atoms with Crippen LogP contribution in [-0.2, 0) is 9.53 Å². The van der Waals surface area contributed by atoms with Crippen LogP contribution < -0.4 is 0 Å². The Kier molecular flexibility index (Phi) is 6.10. The number of hydrogen-bond donors (Lipinski definition) is 1. The molecule has 0 aromatic carbocycles. The summed E-state index contributed by atoms with van der Waals surface area (Å²) in [4.78, 5) is 12.4. The van der Waals surface area contributed by atoms with E-state index in [1.54, 1.807) is 0 Å². The van der Waals surface area contributed by atoms with Gasteiger partial charge in [0, 0.05) is 5.41 Å². The normalized spacial score (nSPS) is 15.8. The minimum atomic E-state index is -1.08. The number of carbonyl (C=O) groups is 1. The second-order valence-corrected chi connectivity index (χ2v) is 10.1. The van der Waals surface area contributed by atoms with Gasteiger partial charge in [0.05, 0.1) is 5.41 Å². The third kappa shape index (κ3) is 7.85. The summed E-state index contributed by atoms with van der Waals surface area (Å²) in [6.07, 6.45) is 0.405. The first-order valence-electron chi connectivity index (χ1n) is 7.86. The molecule has 1 N–H and O–H groups in total. The standard InChI is InChI=1S/C18H36O3/c1-15(2,3)11-17(7,8)13(19)21-14(20)18(9,10)12-16(4,5)6/h13,19H,11-12H2,1-10H3. The van der Waals surface area contributed by atoms with Gasteiger partial charge in [0.1, 0.15) is 0 Å². The van der Waals surface area contributed by atoms with Crippen LogP contribution in [0.2, 0.25) is 0 Å². The predicted octanol–water partition coefficient (Wildman–Crippen LogP) is 4.77. The predicted molar refractivity (Wildman–Crippen MR) is 87.8 cm³/mol. The molecule has 0 rings (SSSR count). The number of ether oxygens (including phenoxy) is 1. The highest BCUT2D eigenvalue weighted by Crippen LogP contribution is 2.38. The summed E-state index contributed by atoms with van der Waals surface area (Å²) < 4.78 is 5.39. The molecule has 0 amide bonds. The van der Waals surface area contributed by atoms with Gasteiger partial charge in [0.15, 0.2) is 0 Å². The van der Waals surface area contributed by atoms with Gasteiger partial charge in [-0.15, -0.1) is 0 Å². The van der Waals surface area contributed by atoms with Crippen molar-refractivity contribution in [3.8, 4) is 0 Å². The van der Waals surface area contributed by atoms with E-state index in [1.807, 2.05) is 27.7 Å². The summed E-state index contributed by atoms with van der Waals surface area (Å²) in [5.41, 5.74) is -0.963. The van der Waals surface area contributed by atoms with Crippen molar-refractivity contribution in [3.63, 3.8) is 0 Å².